The number of ether oxygens (including phenoxy) is 5. The van der Waals surface area contributed by atoms with Gasteiger partial charge in [-0.1, -0.05) is 18.2 Å². The number of benzene rings is 2. The summed E-state index contributed by atoms with van der Waals surface area (Å²) < 4.78 is 29.0. The Bertz CT molecular complexity index is 1310. The SMILES string of the molecule is COc1ccc(C(=C(/C=C/[C@@H]2C[C@@H](O)CC(=O)O2)c2nnnn2C)c2ccc(OC)c(OC)c2)cc1OC. The molecule has 0 amide bonds. The molecule has 0 saturated carbocycles. The first-order chi connectivity index (χ1) is 18.4. The molecule has 11 heteroatoms. The summed E-state index contributed by atoms with van der Waals surface area (Å²) in [6.45, 7) is 0. The summed E-state index contributed by atoms with van der Waals surface area (Å²) in [5, 5.41) is 22.2. The Balaban J connectivity index is 1.99. The highest BCUT2D eigenvalue weighted by molar-refractivity contribution is 6.01. The van der Waals surface area contributed by atoms with Crippen LogP contribution in [-0.2, 0) is 16.6 Å². The van der Waals surface area contributed by atoms with E-state index in [1.165, 1.54) is 0 Å². The molecular weight excluding hydrogens is 492 g/mol. The third-order valence-corrected chi connectivity index (χ3v) is 6.14. The molecule has 1 fully saturated rings. The molecule has 0 unspecified atom stereocenters. The number of carbonyl (C=O) groups is 1. The van der Waals surface area contributed by atoms with Crippen molar-refractivity contribution in [3.05, 3.63) is 65.5 Å². The summed E-state index contributed by atoms with van der Waals surface area (Å²) in [6, 6.07) is 11.1. The van der Waals surface area contributed by atoms with Crippen molar-refractivity contribution in [2.75, 3.05) is 28.4 Å². The molecule has 0 bridgehead atoms. The Morgan fingerprint density at radius 1 is 0.974 bits per heavy atom. The van der Waals surface area contributed by atoms with Gasteiger partial charge in [0.25, 0.3) is 0 Å². The Morgan fingerprint density at radius 2 is 1.55 bits per heavy atom. The number of tetrazole rings is 1. The molecule has 3 aromatic rings. The van der Waals surface area contributed by atoms with Crippen LogP contribution in [0.25, 0.3) is 11.1 Å². The van der Waals surface area contributed by atoms with Gasteiger partial charge in [0, 0.05) is 24.6 Å². The number of aromatic nitrogens is 4. The van der Waals surface area contributed by atoms with E-state index in [-0.39, 0.29) is 12.8 Å². The summed E-state index contributed by atoms with van der Waals surface area (Å²) in [5.41, 5.74) is 2.92. The molecule has 1 aliphatic rings. The molecule has 2 heterocycles. The quantitative estimate of drug-likeness (QED) is 0.331. The van der Waals surface area contributed by atoms with Crippen molar-refractivity contribution < 1.29 is 33.6 Å². The summed E-state index contributed by atoms with van der Waals surface area (Å²) in [7, 11) is 8.01. The maximum atomic E-state index is 11.9. The van der Waals surface area contributed by atoms with Gasteiger partial charge in [-0.25, -0.2) is 4.68 Å². The molecule has 0 spiro atoms. The minimum absolute atomic E-state index is 0.0250. The lowest BCUT2D eigenvalue weighted by molar-refractivity contribution is -0.156. The fourth-order valence-corrected chi connectivity index (χ4v) is 4.32. The third-order valence-electron chi connectivity index (χ3n) is 6.14. The molecule has 1 saturated heterocycles. The lowest BCUT2D eigenvalue weighted by atomic mass is 9.91. The number of hydrogen-bond donors (Lipinski definition) is 1. The third kappa shape index (κ3) is 5.62. The van der Waals surface area contributed by atoms with Crippen molar-refractivity contribution in [1.29, 1.82) is 0 Å². The Kier molecular flexibility index (Phi) is 8.27. The van der Waals surface area contributed by atoms with Gasteiger partial charge in [0.1, 0.15) is 6.10 Å². The molecule has 4 rings (SSSR count). The Morgan fingerprint density at radius 3 is 2.03 bits per heavy atom. The fraction of sp³-hybridized carbons (Fsp3) is 0.333. The highest BCUT2D eigenvalue weighted by atomic mass is 16.5. The molecule has 38 heavy (non-hydrogen) atoms. The molecule has 1 aromatic heterocycles. The first-order valence-electron chi connectivity index (χ1n) is 11.9. The number of methoxy groups -OCH3 is 4. The van der Waals surface area contributed by atoms with Crippen LogP contribution in [0.15, 0.2) is 48.6 Å². The van der Waals surface area contributed by atoms with E-state index in [1.54, 1.807) is 52.3 Å². The van der Waals surface area contributed by atoms with Gasteiger partial charge in [0.15, 0.2) is 28.8 Å². The zero-order valence-electron chi connectivity index (χ0n) is 21.9. The van der Waals surface area contributed by atoms with Crippen LogP contribution in [0, 0.1) is 0 Å². The zero-order valence-corrected chi connectivity index (χ0v) is 21.9. The van der Waals surface area contributed by atoms with E-state index >= 15 is 0 Å². The molecule has 200 valence electrons. The largest absolute Gasteiger partial charge is 0.493 e. The van der Waals surface area contributed by atoms with Crippen molar-refractivity contribution in [2.24, 2.45) is 7.05 Å². The first-order valence-corrected chi connectivity index (χ1v) is 11.9. The normalized spacial score (nSPS) is 17.2. The van der Waals surface area contributed by atoms with Crippen LogP contribution >= 0.6 is 0 Å². The smallest absolute Gasteiger partial charge is 0.309 e. The second-order valence-corrected chi connectivity index (χ2v) is 8.54. The van der Waals surface area contributed by atoms with Crippen LogP contribution in [0.3, 0.4) is 0 Å². The monoisotopic (exact) mass is 522 g/mol. The predicted octanol–water partition coefficient (Wildman–Crippen LogP) is 2.83. The zero-order chi connectivity index (χ0) is 27.2. The number of allylic oxidation sites excluding steroid dienone is 2. The molecule has 2 atom stereocenters. The summed E-state index contributed by atoms with van der Waals surface area (Å²) >= 11 is 0. The highest BCUT2D eigenvalue weighted by Gasteiger charge is 2.26. The van der Waals surface area contributed by atoms with Gasteiger partial charge >= 0.3 is 5.97 Å². The average Bonchev–Trinajstić information content (AvgIpc) is 3.35. The van der Waals surface area contributed by atoms with Crippen LogP contribution in [0.2, 0.25) is 0 Å². The lowest BCUT2D eigenvalue weighted by Crippen LogP contribution is -2.31. The van der Waals surface area contributed by atoms with Crippen molar-refractivity contribution in [3.63, 3.8) is 0 Å². The maximum Gasteiger partial charge on any atom is 0.309 e. The molecule has 11 nitrogen and oxygen atoms in total. The summed E-state index contributed by atoms with van der Waals surface area (Å²) in [4.78, 5) is 11.9. The molecule has 2 aromatic carbocycles. The average molecular weight is 523 g/mol. The number of carbonyl (C=O) groups excluding carboxylic acids is 1. The van der Waals surface area contributed by atoms with E-state index in [0.29, 0.717) is 34.4 Å². The van der Waals surface area contributed by atoms with E-state index < -0.39 is 18.2 Å². The minimum Gasteiger partial charge on any atom is -0.493 e. The fourth-order valence-electron chi connectivity index (χ4n) is 4.32. The number of aryl methyl sites for hydroxylation is 1. The number of esters is 1. The van der Waals surface area contributed by atoms with Crippen LogP contribution in [0.1, 0.15) is 29.8 Å². The number of aliphatic hydroxyl groups excluding tert-OH is 1. The number of aliphatic hydroxyl groups is 1. The van der Waals surface area contributed by atoms with Gasteiger partial charge in [-0.15, -0.1) is 5.10 Å². The van der Waals surface area contributed by atoms with E-state index in [9.17, 15) is 9.90 Å². The predicted molar refractivity (Wildman–Crippen MR) is 138 cm³/mol. The topological polar surface area (TPSA) is 127 Å². The number of rotatable bonds is 9. The van der Waals surface area contributed by atoms with Crippen LogP contribution in [0.5, 0.6) is 23.0 Å². The maximum absolute atomic E-state index is 11.9. The second-order valence-electron chi connectivity index (χ2n) is 8.54. The molecule has 0 radical (unpaired) electrons. The number of hydrogen-bond acceptors (Lipinski definition) is 10. The van der Waals surface area contributed by atoms with Gasteiger partial charge in [-0.2, -0.15) is 0 Å². The first kappa shape index (κ1) is 26.7. The summed E-state index contributed by atoms with van der Waals surface area (Å²) in [6.07, 6.45) is 2.40. The van der Waals surface area contributed by atoms with Crippen LogP contribution in [-0.4, -0.2) is 71.9 Å². The molecule has 1 aliphatic heterocycles. The van der Waals surface area contributed by atoms with E-state index in [0.717, 1.165) is 16.7 Å². The molecule has 0 aliphatic carbocycles. The number of nitrogens with zero attached hydrogens (tertiary/aromatic N) is 4. The van der Waals surface area contributed by atoms with Gasteiger partial charge in [-0.05, 0) is 51.9 Å². The lowest BCUT2D eigenvalue weighted by Gasteiger charge is -2.23. The van der Waals surface area contributed by atoms with Gasteiger partial charge in [0.2, 0.25) is 0 Å². The van der Waals surface area contributed by atoms with Crippen molar-refractivity contribution in [1.82, 2.24) is 20.2 Å². The Hall–Kier alpha value is -4.38. The van der Waals surface area contributed by atoms with Gasteiger partial charge in [-0.3, -0.25) is 4.79 Å². The standard InChI is InChI=1S/C27H30N4O7/c1-31-27(28-29-30-31)20(9-8-19-14-18(32)15-25(33)38-19)26(16-6-10-21(34-2)23(12-16)36-4)17-7-11-22(35-3)24(13-17)37-5/h6-13,18-19,32H,14-15H2,1-5H3/b9-8+/t18-,19-/m1/s1. The Labute approximate surface area is 220 Å². The van der Waals surface area contributed by atoms with E-state index in [4.69, 9.17) is 23.7 Å². The molecular formula is C27H30N4O7. The number of cyclic esters (lactones) is 1. The molecule has 1 N–H and O–H groups in total. The second kappa shape index (κ2) is 11.8. The van der Waals surface area contributed by atoms with Crippen molar-refractivity contribution in [3.8, 4) is 23.0 Å². The van der Waals surface area contributed by atoms with E-state index in [2.05, 4.69) is 15.5 Å². The summed E-state index contributed by atoms with van der Waals surface area (Å²) in [5.74, 6) is 2.22. The highest BCUT2D eigenvalue weighted by Crippen LogP contribution is 2.40. The van der Waals surface area contributed by atoms with Crippen molar-refractivity contribution >= 4 is 17.1 Å². The van der Waals surface area contributed by atoms with Crippen molar-refractivity contribution in [2.45, 2.75) is 25.0 Å². The van der Waals surface area contributed by atoms with E-state index in [1.807, 2.05) is 36.4 Å². The van der Waals surface area contributed by atoms with Crippen LogP contribution < -0.4 is 18.9 Å². The van der Waals surface area contributed by atoms with Gasteiger partial charge in [0.05, 0.1) is 41.0 Å². The van der Waals surface area contributed by atoms with Crippen LogP contribution in [0.4, 0.5) is 0 Å². The minimum atomic E-state index is -0.772. The van der Waals surface area contributed by atoms with Gasteiger partial charge < -0.3 is 28.8 Å².